The molecule has 2 amide bonds. The van der Waals surface area contributed by atoms with Crippen LogP contribution < -0.4 is 14.9 Å². The number of amides is 2. The third kappa shape index (κ3) is 5.82. The van der Waals surface area contributed by atoms with Crippen molar-refractivity contribution in [3.8, 4) is 0 Å². The molecule has 0 saturated carbocycles. The number of sulfonamides is 1. The average molecular weight is 389 g/mol. The molecule has 0 spiro atoms. The number of hydrogen-bond donors (Lipinski definition) is 2. The van der Waals surface area contributed by atoms with Crippen LogP contribution in [0.15, 0.2) is 42.5 Å². The van der Waals surface area contributed by atoms with Crippen molar-refractivity contribution in [3.63, 3.8) is 0 Å². The van der Waals surface area contributed by atoms with Gasteiger partial charge in [-0.15, -0.1) is 0 Å². The average Bonchev–Trinajstić information content (AvgIpc) is 2.55. The normalized spacial score (nSPS) is 11.0. The van der Waals surface area contributed by atoms with Crippen LogP contribution in [-0.2, 0) is 19.6 Å². The van der Waals surface area contributed by atoms with Crippen molar-refractivity contribution >= 4 is 38.9 Å². The highest BCUT2D eigenvalue weighted by Crippen LogP contribution is 2.21. The smallest absolute Gasteiger partial charge is 0.245 e. The van der Waals surface area contributed by atoms with Gasteiger partial charge in [-0.2, -0.15) is 0 Å². The number of carbonyl (C=O) groups is 2. The monoisotopic (exact) mass is 389 g/mol. The fourth-order valence-electron chi connectivity index (χ4n) is 2.46. The lowest BCUT2D eigenvalue weighted by Gasteiger charge is -2.22. The summed E-state index contributed by atoms with van der Waals surface area (Å²) < 4.78 is 25.3. The van der Waals surface area contributed by atoms with Crippen molar-refractivity contribution in [1.29, 1.82) is 0 Å². The Bertz CT molecular complexity index is 953. The lowest BCUT2D eigenvalue weighted by atomic mass is 10.1. The van der Waals surface area contributed by atoms with Gasteiger partial charge in [-0.3, -0.25) is 13.9 Å². The number of carbonyl (C=O) groups excluding carboxylic acids is 2. The van der Waals surface area contributed by atoms with Crippen LogP contribution in [0.1, 0.15) is 18.1 Å². The molecule has 0 bridgehead atoms. The molecule has 27 heavy (non-hydrogen) atoms. The topological polar surface area (TPSA) is 95.6 Å². The molecule has 0 heterocycles. The summed E-state index contributed by atoms with van der Waals surface area (Å²) in [4.78, 5) is 23.5. The van der Waals surface area contributed by atoms with E-state index in [1.807, 2.05) is 26.0 Å². The first-order valence-corrected chi connectivity index (χ1v) is 10.1. The largest absolute Gasteiger partial charge is 0.326 e. The van der Waals surface area contributed by atoms with Gasteiger partial charge in [-0.1, -0.05) is 6.07 Å². The van der Waals surface area contributed by atoms with E-state index < -0.39 is 15.9 Å². The molecule has 0 radical (unpaired) electrons. The lowest BCUT2D eigenvalue weighted by molar-refractivity contribution is -0.115. The van der Waals surface area contributed by atoms with Crippen molar-refractivity contribution in [2.24, 2.45) is 0 Å². The maximum Gasteiger partial charge on any atom is 0.245 e. The maximum absolute atomic E-state index is 12.4. The minimum absolute atomic E-state index is 0.226. The third-order valence-corrected chi connectivity index (χ3v) is 5.09. The van der Waals surface area contributed by atoms with Gasteiger partial charge < -0.3 is 10.6 Å². The van der Waals surface area contributed by atoms with Gasteiger partial charge >= 0.3 is 0 Å². The highest BCUT2D eigenvalue weighted by Gasteiger charge is 2.21. The highest BCUT2D eigenvalue weighted by molar-refractivity contribution is 7.92. The van der Waals surface area contributed by atoms with E-state index in [-0.39, 0.29) is 12.5 Å². The van der Waals surface area contributed by atoms with Gasteiger partial charge in [0.1, 0.15) is 6.54 Å². The van der Waals surface area contributed by atoms with Crippen molar-refractivity contribution in [1.82, 2.24) is 0 Å². The number of nitrogens with zero attached hydrogens (tertiary/aromatic N) is 1. The first-order valence-electron chi connectivity index (χ1n) is 8.29. The Balaban J connectivity index is 2.18. The van der Waals surface area contributed by atoms with Crippen molar-refractivity contribution in [2.45, 2.75) is 20.8 Å². The van der Waals surface area contributed by atoms with Crippen LogP contribution in [0.2, 0.25) is 0 Å². The predicted molar refractivity (Wildman–Crippen MR) is 107 cm³/mol. The summed E-state index contributed by atoms with van der Waals surface area (Å²) in [5.74, 6) is -0.676. The molecule has 7 nitrogen and oxygen atoms in total. The van der Waals surface area contributed by atoms with Crippen LogP contribution in [0.3, 0.4) is 0 Å². The molecule has 0 unspecified atom stereocenters. The Morgan fingerprint density at radius 3 is 2.04 bits per heavy atom. The Hall–Kier alpha value is -2.87. The second kappa shape index (κ2) is 8.22. The highest BCUT2D eigenvalue weighted by atomic mass is 32.2. The number of nitrogens with one attached hydrogen (secondary N) is 2. The van der Waals surface area contributed by atoms with Crippen LogP contribution in [0.25, 0.3) is 0 Å². The summed E-state index contributed by atoms with van der Waals surface area (Å²) in [5.41, 5.74) is 3.62. The third-order valence-electron chi connectivity index (χ3n) is 3.95. The summed E-state index contributed by atoms with van der Waals surface area (Å²) in [7, 11) is -3.67. The van der Waals surface area contributed by atoms with E-state index in [1.165, 1.54) is 19.1 Å². The quantitative estimate of drug-likeness (QED) is 0.794. The summed E-state index contributed by atoms with van der Waals surface area (Å²) in [6, 6.07) is 11.7. The molecule has 2 aromatic carbocycles. The molecule has 0 aliphatic heterocycles. The molecule has 2 aromatic rings. The molecule has 0 saturated heterocycles. The zero-order valence-electron chi connectivity index (χ0n) is 15.7. The van der Waals surface area contributed by atoms with Crippen LogP contribution >= 0.6 is 0 Å². The van der Waals surface area contributed by atoms with Gasteiger partial charge in [-0.05, 0) is 61.4 Å². The Kier molecular flexibility index (Phi) is 6.22. The van der Waals surface area contributed by atoms with Gasteiger partial charge in [-0.25, -0.2) is 8.42 Å². The number of anilines is 3. The lowest BCUT2D eigenvalue weighted by Crippen LogP contribution is -2.37. The summed E-state index contributed by atoms with van der Waals surface area (Å²) in [6.07, 6.45) is 1.04. The second-order valence-electron chi connectivity index (χ2n) is 6.34. The molecular weight excluding hydrogens is 366 g/mol. The molecular formula is C19H23N3O4S. The fourth-order valence-corrected chi connectivity index (χ4v) is 3.32. The van der Waals surface area contributed by atoms with E-state index in [1.54, 1.807) is 18.2 Å². The molecule has 8 heteroatoms. The fraction of sp³-hybridized carbons (Fsp3) is 0.263. The molecule has 0 fully saturated rings. The van der Waals surface area contributed by atoms with Crippen molar-refractivity contribution in [3.05, 3.63) is 53.6 Å². The van der Waals surface area contributed by atoms with Gasteiger partial charge in [0.2, 0.25) is 21.8 Å². The Morgan fingerprint density at radius 2 is 1.52 bits per heavy atom. The number of aryl methyl sites for hydroxylation is 2. The van der Waals surface area contributed by atoms with Crippen LogP contribution in [0.4, 0.5) is 17.1 Å². The summed E-state index contributed by atoms with van der Waals surface area (Å²) in [5, 5.41) is 5.32. The SMILES string of the molecule is CC(=O)Nc1ccc(N(CC(=O)Nc2ccc(C)c(C)c2)S(C)(=O)=O)cc1. The van der Waals surface area contributed by atoms with E-state index in [9.17, 15) is 18.0 Å². The first-order chi connectivity index (χ1) is 12.6. The van der Waals surface area contributed by atoms with E-state index in [0.717, 1.165) is 21.7 Å². The number of hydrogen-bond acceptors (Lipinski definition) is 4. The predicted octanol–water partition coefficient (Wildman–Crippen LogP) is 2.67. The molecule has 0 atom stereocenters. The summed E-state index contributed by atoms with van der Waals surface area (Å²) >= 11 is 0. The van der Waals surface area contributed by atoms with Crippen molar-refractivity contribution in [2.75, 3.05) is 27.7 Å². The van der Waals surface area contributed by atoms with Gasteiger partial charge in [0, 0.05) is 18.3 Å². The molecule has 2 rings (SSSR count). The van der Waals surface area contributed by atoms with Crippen LogP contribution in [0.5, 0.6) is 0 Å². The first kappa shape index (κ1) is 20.4. The molecule has 144 valence electrons. The number of benzene rings is 2. The molecule has 2 N–H and O–H groups in total. The summed E-state index contributed by atoms with van der Waals surface area (Å²) in [6.45, 7) is 4.93. The molecule has 0 aliphatic rings. The van der Waals surface area contributed by atoms with Crippen molar-refractivity contribution < 1.29 is 18.0 Å². The maximum atomic E-state index is 12.4. The minimum Gasteiger partial charge on any atom is -0.326 e. The molecule has 0 aliphatic carbocycles. The van der Waals surface area contributed by atoms with E-state index in [4.69, 9.17) is 0 Å². The van der Waals surface area contributed by atoms with E-state index in [0.29, 0.717) is 17.1 Å². The van der Waals surface area contributed by atoms with E-state index in [2.05, 4.69) is 10.6 Å². The number of rotatable bonds is 6. The van der Waals surface area contributed by atoms with Crippen LogP contribution in [0, 0.1) is 13.8 Å². The standard InChI is InChI=1S/C19H23N3O4S/c1-13-5-6-17(11-14(13)2)21-19(24)12-22(27(4,25)26)18-9-7-16(8-10-18)20-15(3)23/h5-11H,12H2,1-4H3,(H,20,23)(H,21,24). The van der Waals surface area contributed by atoms with Crippen LogP contribution in [-0.4, -0.2) is 33.0 Å². The molecule has 0 aromatic heterocycles. The van der Waals surface area contributed by atoms with Gasteiger partial charge in [0.05, 0.1) is 11.9 Å². The second-order valence-corrected chi connectivity index (χ2v) is 8.25. The van der Waals surface area contributed by atoms with Gasteiger partial charge in [0.15, 0.2) is 0 Å². The zero-order valence-corrected chi connectivity index (χ0v) is 16.6. The minimum atomic E-state index is -3.67. The Morgan fingerprint density at radius 1 is 0.926 bits per heavy atom. The Labute approximate surface area is 159 Å². The van der Waals surface area contributed by atoms with Gasteiger partial charge in [0.25, 0.3) is 0 Å². The van der Waals surface area contributed by atoms with E-state index >= 15 is 0 Å². The zero-order chi connectivity index (χ0) is 20.2.